The third-order valence-corrected chi connectivity index (χ3v) is 4.99. The molecule has 0 bridgehead atoms. The second kappa shape index (κ2) is 11.1. The zero-order chi connectivity index (χ0) is 20.5. The molecule has 0 aliphatic carbocycles. The van der Waals surface area contributed by atoms with Crippen LogP contribution in [0.5, 0.6) is 0 Å². The molecular weight excluding hydrogens is 395 g/mol. The van der Waals surface area contributed by atoms with Gasteiger partial charge in [0.1, 0.15) is 6.04 Å². The van der Waals surface area contributed by atoms with Crippen molar-refractivity contribution < 1.29 is 9.59 Å². The fourth-order valence-corrected chi connectivity index (χ4v) is 3.17. The van der Waals surface area contributed by atoms with Gasteiger partial charge >= 0.3 is 0 Å². The normalized spacial score (nSPS) is 11.7. The predicted octanol–water partition coefficient (Wildman–Crippen LogP) is 4.87. The molecule has 0 radical (unpaired) electrons. The molecule has 0 unspecified atom stereocenters. The van der Waals surface area contributed by atoms with Gasteiger partial charge in [0.15, 0.2) is 0 Å². The summed E-state index contributed by atoms with van der Waals surface area (Å²) >= 11 is 12.0. The van der Waals surface area contributed by atoms with Gasteiger partial charge in [-0.05, 0) is 48.7 Å². The molecule has 0 aliphatic rings. The van der Waals surface area contributed by atoms with E-state index >= 15 is 0 Å². The summed E-state index contributed by atoms with van der Waals surface area (Å²) in [5.74, 6) is -0.280. The summed E-state index contributed by atoms with van der Waals surface area (Å²) in [6.07, 6.45) is 2.09. The molecule has 0 fully saturated rings. The maximum absolute atomic E-state index is 13.0. The van der Waals surface area contributed by atoms with E-state index in [-0.39, 0.29) is 18.2 Å². The minimum absolute atomic E-state index is 0.129. The highest BCUT2D eigenvalue weighted by molar-refractivity contribution is 6.30. The zero-order valence-corrected chi connectivity index (χ0v) is 17.8. The van der Waals surface area contributed by atoms with Crippen LogP contribution in [0.2, 0.25) is 10.0 Å². The first kappa shape index (κ1) is 22.3. The molecular formula is C22H26Cl2N2O2. The Balaban J connectivity index is 2.17. The minimum atomic E-state index is -0.584. The van der Waals surface area contributed by atoms with Crippen molar-refractivity contribution in [2.24, 2.45) is 0 Å². The van der Waals surface area contributed by atoms with Crippen molar-refractivity contribution in [1.82, 2.24) is 10.2 Å². The largest absolute Gasteiger partial charge is 0.354 e. The van der Waals surface area contributed by atoms with E-state index < -0.39 is 6.04 Å². The lowest BCUT2D eigenvalue weighted by Gasteiger charge is -2.29. The number of nitrogens with one attached hydrogen (secondary N) is 1. The van der Waals surface area contributed by atoms with Crippen molar-refractivity contribution in [3.8, 4) is 0 Å². The number of amides is 2. The van der Waals surface area contributed by atoms with Crippen molar-refractivity contribution in [2.45, 2.75) is 45.7 Å². The second-order valence-corrected chi connectivity index (χ2v) is 7.65. The topological polar surface area (TPSA) is 49.4 Å². The Morgan fingerprint density at radius 2 is 1.75 bits per heavy atom. The van der Waals surface area contributed by atoms with E-state index in [4.69, 9.17) is 23.2 Å². The monoisotopic (exact) mass is 420 g/mol. The molecule has 2 rings (SSSR count). The van der Waals surface area contributed by atoms with E-state index in [9.17, 15) is 9.59 Å². The Labute approximate surface area is 176 Å². The number of nitrogens with zero attached hydrogens (tertiary/aromatic N) is 1. The number of unbranched alkanes of at least 4 members (excludes halogenated alkanes) is 1. The van der Waals surface area contributed by atoms with E-state index in [0.717, 1.165) is 24.0 Å². The Morgan fingerprint density at radius 3 is 2.39 bits per heavy atom. The van der Waals surface area contributed by atoms with E-state index in [2.05, 4.69) is 12.2 Å². The summed E-state index contributed by atoms with van der Waals surface area (Å²) in [7, 11) is 0. The average molecular weight is 421 g/mol. The first-order valence-corrected chi connectivity index (χ1v) is 10.2. The highest BCUT2D eigenvalue weighted by Gasteiger charge is 2.26. The third-order valence-electron chi connectivity index (χ3n) is 4.51. The number of halogens is 2. The quantitative estimate of drug-likeness (QED) is 0.588. The molecule has 1 N–H and O–H groups in total. The van der Waals surface area contributed by atoms with Crippen molar-refractivity contribution in [3.63, 3.8) is 0 Å². The number of hydrogen-bond acceptors (Lipinski definition) is 2. The van der Waals surface area contributed by atoms with Gasteiger partial charge in [0, 0.05) is 23.1 Å². The summed E-state index contributed by atoms with van der Waals surface area (Å²) in [4.78, 5) is 27.2. The fourth-order valence-electron chi connectivity index (χ4n) is 2.83. The molecule has 2 amide bonds. The standard InChI is InChI=1S/C22H26Cl2N2O2/c1-3-4-12-25-22(28)16(2)26(15-17-8-10-19(23)11-9-17)21(27)14-18-6-5-7-20(24)13-18/h5-11,13,16H,3-4,12,14-15H2,1-2H3,(H,25,28)/t16-/m0/s1. The summed E-state index contributed by atoms with van der Waals surface area (Å²) < 4.78 is 0. The molecule has 0 aromatic heterocycles. The molecule has 0 spiro atoms. The van der Waals surface area contributed by atoms with E-state index in [1.54, 1.807) is 36.1 Å². The van der Waals surface area contributed by atoms with E-state index in [1.807, 2.05) is 24.3 Å². The van der Waals surface area contributed by atoms with Crippen LogP contribution in [0.1, 0.15) is 37.8 Å². The van der Waals surface area contributed by atoms with E-state index in [0.29, 0.717) is 23.1 Å². The van der Waals surface area contributed by atoms with Crippen molar-refractivity contribution >= 4 is 35.0 Å². The van der Waals surface area contributed by atoms with Crippen LogP contribution >= 0.6 is 23.2 Å². The molecule has 1 atom stereocenters. The molecule has 4 nitrogen and oxygen atoms in total. The van der Waals surface area contributed by atoms with Crippen LogP contribution in [0, 0.1) is 0 Å². The smallest absolute Gasteiger partial charge is 0.242 e. The molecule has 150 valence electrons. The highest BCUT2D eigenvalue weighted by atomic mass is 35.5. The zero-order valence-electron chi connectivity index (χ0n) is 16.3. The van der Waals surface area contributed by atoms with Crippen LogP contribution in [-0.2, 0) is 22.6 Å². The van der Waals surface area contributed by atoms with Crippen LogP contribution in [0.3, 0.4) is 0 Å². The van der Waals surface area contributed by atoms with Crippen LogP contribution < -0.4 is 5.32 Å². The lowest BCUT2D eigenvalue weighted by molar-refractivity contribution is -0.140. The molecule has 6 heteroatoms. The van der Waals surface area contributed by atoms with Crippen LogP contribution in [0.15, 0.2) is 48.5 Å². The molecule has 2 aromatic carbocycles. The van der Waals surface area contributed by atoms with Gasteiger partial charge in [-0.25, -0.2) is 0 Å². The molecule has 0 saturated carbocycles. The second-order valence-electron chi connectivity index (χ2n) is 6.78. The number of carbonyl (C=O) groups is 2. The van der Waals surface area contributed by atoms with Crippen molar-refractivity contribution in [2.75, 3.05) is 6.54 Å². The van der Waals surface area contributed by atoms with Crippen LogP contribution in [0.25, 0.3) is 0 Å². The van der Waals surface area contributed by atoms with Gasteiger partial charge in [-0.3, -0.25) is 9.59 Å². The number of carbonyl (C=O) groups excluding carboxylic acids is 2. The first-order valence-electron chi connectivity index (χ1n) is 9.46. The maximum Gasteiger partial charge on any atom is 0.242 e. The highest BCUT2D eigenvalue weighted by Crippen LogP contribution is 2.17. The van der Waals surface area contributed by atoms with Gasteiger partial charge in [0.2, 0.25) is 11.8 Å². The SMILES string of the molecule is CCCCNC(=O)[C@H](C)N(Cc1ccc(Cl)cc1)C(=O)Cc1cccc(Cl)c1. The molecule has 28 heavy (non-hydrogen) atoms. The Morgan fingerprint density at radius 1 is 1.04 bits per heavy atom. The van der Waals surface area contributed by atoms with Gasteiger partial charge < -0.3 is 10.2 Å². The fraction of sp³-hybridized carbons (Fsp3) is 0.364. The first-order chi connectivity index (χ1) is 13.4. The van der Waals surface area contributed by atoms with Crippen molar-refractivity contribution in [1.29, 1.82) is 0 Å². The summed E-state index contributed by atoms with van der Waals surface area (Å²) in [5.41, 5.74) is 1.73. The van der Waals surface area contributed by atoms with Crippen LogP contribution in [0.4, 0.5) is 0 Å². The molecule has 0 heterocycles. The Hall–Kier alpha value is -2.04. The van der Waals surface area contributed by atoms with Crippen LogP contribution in [-0.4, -0.2) is 29.3 Å². The summed E-state index contributed by atoms with van der Waals surface area (Å²) in [5, 5.41) is 4.13. The van der Waals surface area contributed by atoms with Gasteiger partial charge in [0.25, 0.3) is 0 Å². The lowest BCUT2D eigenvalue weighted by Crippen LogP contribution is -2.48. The minimum Gasteiger partial charge on any atom is -0.354 e. The van der Waals surface area contributed by atoms with Gasteiger partial charge in [0.05, 0.1) is 6.42 Å². The number of rotatable bonds is 9. The lowest BCUT2D eigenvalue weighted by atomic mass is 10.1. The number of benzene rings is 2. The van der Waals surface area contributed by atoms with Gasteiger partial charge in [-0.15, -0.1) is 0 Å². The third kappa shape index (κ3) is 6.84. The van der Waals surface area contributed by atoms with Gasteiger partial charge in [-0.1, -0.05) is 60.8 Å². The summed E-state index contributed by atoms with van der Waals surface area (Å²) in [6.45, 7) is 4.76. The molecule has 0 saturated heterocycles. The Kier molecular flexibility index (Phi) is 8.81. The predicted molar refractivity (Wildman–Crippen MR) is 115 cm³/mol. The maximum atomic E-state index is 13.0. The van der Waals surface area contributed by atoms with Gasteiger partial charge in [-0.2, -0.15) is 0 Å². The molecule has 0 aliphatic heterocycles. The van der Waals surface area contributed by atoms with Crippen molar-refractivity contribution in [3.05, 3.63) is 69.7 Å². The number of hydrogen-bond donors (Lipinski definition) is 1. The van der Waals surface area contributed by atoms with E-state index in [1.165, 1.54) is 0 Å². The Bertz CT molecular complexity index is 793. The summed E-state index contributed by atoms with van der Waals surface area (Å²) in [6, 6.07) is 13.9. The average Bonchev–Trinajstić information content (AvgIpc) is 2.67. The molecule has 2 aromatic rings.